The molecule has 0 aliphatic heterocycles. The van der Waals surface area contributed by atoms with Crippen LogP contribution in [0, 0.1) is 24.4 Å². The van der Waals surface area contributed by atoms with Crippen LogP contribution < -0.4 is 0 Å². The first kappa shape index (κ1) is 25.5. The standard InChI is InChI=1S/C24H21N2O.C17H12N.Ir/c1-14-11-17-6-5-16-7-8-18(22-20(16)21(17)23(26-14)27-22)19-12-15(9-10-25-19)13-24(2,3)4;1-3-7-14(8-4-1)16-11-12-18-17(13-16)15-9-5-2-6-10-15;/h5-7,9-12H,13H2,1-4H3;1-9,11-13H;/q2*-1;/i1D3,13D2;;. The van der Waals surface area contributed by atoms with Gasteiger partial charge in [-0.15, -0.1) is 48.0 Å². The third-order valence-electron chi connectivity index (χ3n) is 7.41. The zero-order chi connectivity index (χ0) is 35.3. The van der Waals surface area contributed by atoms with E-state index in [1.165, 1.54) is 11.1 Å². The average molecular weight is 781 g/mol. The van der Waals surface area contributed by atoms with E-state index in [0.29, 0.717) is 22.4 Å². The molecule has 0 saturated heterocycles. The quantitative estimate of drug-likeness (QED) is 0.132. The van der Waals surface area contributed by atoms with Crippen molar-refractivity contribution in [3.05, 3.63) is 139 Å². The second kappa shape index (κ2) is 13.0. The van der Waals surface area contributed by atoms with Gasteiger partial charge in [0.15, 0.2) is 0 Å². The normalized spacial score (nSPS) is 13.6. The number of aryl methyl sites for hydroxylation is 1. The van der Waals surface area contributed by atoms with Crippen LogP contribution in [-0.4, -0.2) is 15.0 Å². The topological polar surface area (TPSA) is 51.8 Å². The maximum absolute atomic E-state index is 8.61. The molecule has 0 aliphatic rings. The number of rotatable bonds is 4. The van der Waals surface area contributed by atoms with Crippen LogP contribution in [0.3, 0.4) is 0 Å². The summed E-state index contributed by atoms with van der Waals surface area (Å²) in [5.41, 5.74) is 6.16. The van der Waals surface area contributed by atoms with Gasteiger partial charge in [0.2, 0.25) is 5.71 Å². The monoisotopic (exact) mass is 781 g/mol. The maximum atomic E-state index is 8.61. The third kappa shape index (κ3) is 6.48. The molecule has 0 spiro atoms. The summed E-state index contributed by atoms with van der Waals surface area (Å²) in [6, 6.07) is 39.4. The molecular weight excluding hydrogens is 743 g/mol. The minimum absolute atomic E-state index is 0. The number of hydrogen-bond donors (Lipinski definition) is 0. The molecule has 0 atom stereocenters. The Morgan fingerprint density at radius 1 is 0.783 bits per heavy atom. The van der Waals surface area contributed by atoms with Crippen molar-refractivity contribution in [3.8, 4) is 33.6 Å². The van der Waals surface area contributed by atoms with Crippen LogP contribution in [0.1, 0.15) is 38.9 Å². The van der Waals surface area contributed by atoms with Gasteiger partial charge in [-0.05, 0) is 70.1 Å². The minimum Gasteiger partial charge on any atom is -0.486 e. The van der Waals surface area contributed by atoms with E-state index in [1.807, 2.05) is 93.7 Å². The molecule has 4 heterocycles. The van der Waals surface area contributed by atoms with E-state index in [4.69, 9.17) is 11.3 Å². The van der Waals surface area contributed by atoms with Gasteiger partial charge in [-0.1, -0.05) is 91.9 Å². The number of pyridine rings is 3. The molecule has 8 aromatic rings. The Kier molecular flexibility index (Phi) is 7.18. The smallest absolute Gasteiger partial charge is 0.216 e. The van der Waals surface area contributed by atoms with Crippen molar-refractivity contribution in [2.75, 3.05) is 0 Å². The average Bonchev–Trinajstić information content (AvgIpc) is 3.51. The van der Waals surface area contributed by atoms with E-state index in [1.54, 1.807) is 24.4 Å². The molecule has 0 unspecified atom stereocenters. The van der Waals surface area contributed by atoms with Crippen LogP contribution in [0.2, 0.25) is 0 Å². The van der Waals surface area contributed by atoms with Crippen molar-refractivity contribution >= 4 is 32.8 Å². The molecule has 0 fully saturated rings. The largest absolute Gasteiger partial charge is 0.486 e. The Balaban J connectivity index is 0.000000200. The Hall–Kier alpha value is -4.70. The van der Waals surface area contributed by atoms with Crippen LogP contribution in [0.15, 0.2) is 120 Å². The van der Waals surface area contributed by atoms with Gasteiger partial charge in [0.1, 0.15) is 0 Å². The van der Waals surface area contributed by atoms with Crippen molar-refractivity contribution < 1.29 is 31.4 Å². The third-order valence-corrected chi connectivity index (χ3v) is 7.41. The van der Waals surface area contributed by atoms with E-state index >= 15 is 0 Å². The van der Waals surface area contributed by atoms with Crippen LogP contribution in [-0.2, 0) is 26.5 Å². The zero-order valence-corrected chi connectivity index (χ0v) is 27.9. The number of aromatic nitrogens is 3. The van der Waals surface area contributed by atoms with Crippen LogP contribution in [0.25, 0.3) is 66.5 Å². The first-order valence-corrected chi connectivity index (χ1v) is 14.8. The molecule has 1 radical (unpaired) electrons. The summed E-state index contributed by atoms with van der Waals surface area (Å²) < 4.78 is 46.5. The fourth-order valence-corrected chi connectivity index (χ4v) is 5.52. The molecule has 0 N–H and O–H groups in total. The second-order valence-electron chi connectivity index (χ2n) is 11.9. The van der Waals surface area contributed by atoms with E-state index in [9.17, 15) is 0 Å². The molecule has 8 rings (SSSR count). The van der Waals surface area contributed by atoms with Gasteiger partial charge in [0.25, 0.3) is 0 Å². The van der Waals surface area contributed by atoms with Gasteiger partial charge in [0, 0.05) is 50.4 Å². The molecule has 0 saturated carbocycles. The molecule has 4 nitrogen and oxygen atoms in total. The first-order valence-electron chi connectivity index (χ1n) is 17.3. The van der Waals surface area contributed by atoms with Crippen molar-refractivity contribution in [3.63, 3.8) is 0 Å². The van der Waals surface area contributed by atoms with Gasteiger partial charge < -0.3 is 14.4 Å². The summed E-state index contributed by atoms with van der Waals surface area (Å²) in [6.45, 7) is 3.24. The Labute approximate surface area is 290 Å². The van der Waals surface area contributed by atoms with E-state index in [2.05, 4.69) is 45.3 Å². The Morgan fingerprint density at radius 2 is 1.57 bits per heavy atom. The number of nitrogens with zero attached hydrogens (tertiary/aromatic N) is 3. The summed E-state index contributed by atoms with van der Waals surface area (Å²) in [5, 5.41) is 3.25. The first-order chi connectivity index (χ1) is 23.8. The minimum atomic E-state index is -2.35. The van der Waals surface area contributed by atoms with Crippen LogP contribution in [0.4, 0.5) is 0 Å². The molecule has 46 heavy (non-hydrogen) atoms. The SMILES string of the molecule is [2H]C([2H])([2H])c1cc2ccc3c[c-]c(-c4cc(C([2H])([2H])C(C)(C)C)ccn4)c4oc(n1)c2c34.[Ir].[c-]1ccccc1-c1cc(-c2ccccc2)ccn1. The van der Waals surface area contributed by atoms with Crippen molar-refractivity contribution in [2.45, 2.75) is 34.0 Å². The molecule has 0 amide bonds. The fourth-order valence-electron chi connectivity index (χ4n) is 5.52. The Bertz CT molecular complexity index is 2380. The molecule has 0 aliphatic carbocycles. The Morgan fingerprint density at radius 3 is 2.35 bits per heavy atom. The van der Waals surface area contributed by atoms with E-state index in [-0.39, 0.29) is 31.5 Å². The molecule has 4 aromatic heterocycles. The summed E-state index contributed by atoms with van der Waals surface area (Å²) in [6.07, 6.45) is 1.86. The summed E-state index contributed by atoms with van der Waals surface area (Å²) >= 11 is 0. The zero-order valence-electron chi connectivity index (χ0n) is 30.6. The summed E-state index contributed by atoms with van der Waals surface area (Å²) in [5.74, 6) is 0. The molecular formula is C41H33IrN3O-2. The van der Waals surface area contributed by atoms with Gasteiger partial charge in [-0.3, -0.25) is 0 Å². The molecule has 0 bridgehead atoms. The van der Waals surface area contributed by atoms with E-state index in [0.717, 1.165) is 32.8 Å². The van der Waals surface area contributed by atoms with Crippen molar-refractivity contribution in [2.24, 2.45) is 5.41 Å². The van der Waals surface area contributed by atoms with Crippen LogP contribution in [0.5, 0.6) is 0 Å². The maximum Gasteiger partial charge on any atom is 0.216 e. The predicted octanol–water partition coefficient (Wildman–Crippen LogP) is 10.5. The number of hydrogen-bond acceptors (Lipinski definition) is 4. The van der Waals surface area contributed by atoms with Gasteiger partial charge >= 0.3 is 0 Å². The van der Waals surface area contributed by atoms with E-state index < -0.39 is 18.6 Å². The molecule has 5 heteroatoms. The van der Waals surface area contributed by atoms with Crippen LogP contribution >= 0.6 is 0 Å². The fraction of sp³-hybridized carbons (Fsp3) is 0.146. The molecule has 229 valence electrons. The second-order valence-corrected chi connectivity index (χ2v) is 11.9. The predicted molar refractivity (Wildman–Crippen MR) is 184 cm³/mol. The van der Waals surface area contributed by atoms with Gasteiger partial charge in [-0.2, -0.15) is 0 Å². The number of benzene rings is 4. The molecule has 4 aromatic carbocycles. The number of furan rings is 1. The van der Waals surface area contributed by atoms with Crippen molar-refractivity contribution in [1.82, 2.24) is 15.0 Å². The van der Waals surface area contributed by atoms with Crippen molar-refractivity contribution in [1.29, 1.82) is 0 Å². The van der Waals surface area contributed by atoms with Gasteiger partial charge in [-0.25, -0.2) is 4.98 Å². The van der Waals surface area contributed by atoms with Gasteiger partial charge in [0.05, 0.1) is 5.58 Å². The summed E-state index contributed by atoms with van der Waals surface area (Å²) in [7, 11) is 0. The summed E-state index contributed by atoms with van der Waals surface area (Å²) in [4.78, 5) is 13.2.